The molecule has 0 saturated carbocycles. The van der Waals surface area contributed by atoms with Crippen molar-refractivity contribution < 1.29 is 17.4 Å². The van der Waals surface area contributed by atoms with Crippen LogP contribution in [0.4, 0.5) is 5.69 Å². The maximum Gasteiger partial charge on any atom is 0.210 e. The highest BCUT2D eigenvalue weighted by Crippen LogP contribution is 2.39. The summed E-state index contributed by atoms with van der Waals surface area (Å²) >= 11 is 0. The van der Waals surface area contributed by atoms with Crippen LogP contribution in [0.3, 0.4) is 0 Å². The number of likely N-dealkylation sites (N-methyl/N-ethyl adjacent to an activating group) is 1. The van der Waals surface area contributed by atoms with Gasteiger partial charge in [-0.3, -0.25) is 14.1 Å². The predicted octanol–water partition coefficient (Wildman–Crippen LogP) is 3.88. The lowest BCUT2D eigenvalue weighted by molar-refractivity contribution is 0.0495. The molecule has 3 fully saturated rings. The second-order valence-electron chi connectivity index (χ2n) is 12.3. The average molecular weight is 640 g/mol. The molecule has 2 aromatic carbocycles. The molecule has 3 saturated heterocycles. The van der Waals surface area contributed by atoms with E-state index in [2.05, 4.69) is 31.6 Å². The molecule has 0 spiro atoms. The highest BCUT2D eigenvalue weighted by Gasteiger charge is 2.34. The van der Waals surface area contributed by atoms with Gasteiger partial charge in [0.15, 0.2) is 0 Å². The molecule has 6 rings (SSSR count). The van der Waals surface area contributed by atoms with E-state index in [0.717, 1.165) is 57.5 Å². The molecule has 0 N–H and O–H groups in total. The molecule has 0 radical (unpaired) electrons. The third-order valence-electron chi connectivity index (χ3n) is 9.69. The average Bonchev–Trinajstić information content (AvgIpc) is 3.05. The van der Waals surface area contributed by atoms with Crippen molar-refractivity contribution in [3.63, 3.8) is 0 Å². The van der Waals surface area contributed by atoms with Crippen LogP contribution >= 0.6 is 0 Å². The van der Waals surface area contributed by atoms with Crippen molar-refractivity contribution in [2.24, 2.45) is 0 Å². The quantitative estimate of drug-likeness (QED) is 0.365. The minimum atomic E-state index is -3.88. The van der Waals surface area contributed by atoms with Crippen LogP contribution in [0.2, 0.25) is 0 Å². The summed E-state index contributed by atoms with van der Waals surface area (Å²) in [6, 6.07) is 13.3. The Kier molecular flexibility index (Phi) is 9.58. The molecule has 0 unspecified atom stereocenters. The van der Waals surface area contributed by atoms with Crippen LogP contribution in [0.25, 0.3) is 10.9 Å². The van der Waals surface area contributed by atoms with E-state index in [4.69, 9.17) is 4.74 Å². The summed E-state index contributed by atoms with van der Waals surface area (Å²) < 4.78 is 46.3. The Hall–Kier alpha value is -2.57. The van der Waals surface area contributed by atoms with Crippen LogP contribution in [-0.2, 0) is 20.6 Å². The third-order valence-corrected chi connectivity index (χ3v) is 12.4. The maximum atomic E-state index is 14.1. The van der Waals surface area contributed by atoms with E-state index in [1.807, 2.05) is 25.1 Å². The van der Waals surface area contributed by atoms with Gasteiger partial charge in [0.2, 0.25) is 9.84 Å². The summed E-state index contributed by atoms with van der Waals surface area (Å²) in [5, 5.41) is 0.733. The lowest BCUT2D eigenvalue weighted by atomic mass is 9.96. The minimum absolute atomic E-state index is 0.194. The van der Waals surface area contributed by atoms with Crippen molar-refractivity contribution in [3.05, 3.63) is 48.7 Å². The van der Waals surface area contributed by atoms with Gasteiger partial charge < -0.3 is 19.4 Å². The van der Waals surface area contributed by atoms with E-state index in [1.165, 1.54) is 32.1 Å². The van der Waals surface area contributed by atoms with E-state index < -0.39 is 20.6 Å². The van der Waals surface area contributed by atoms with Crippen LogP contribution in [0.5, 0.6) is 5.75 Å². The summed E-state index contributed by atoms with van der Waals surface area (Å²) in [7, 11) is -2.88. The summed E-state index contributed by atoms with van der Waals surface area (Å²) in [5.41, 5.74) is 1.37. The van der Waals surface area contributed by atoms with Crippen molar-refractivity contribution in [1.82, 2.24) is 19.7 Å². The normalized spacial score (nSPS) is 21.1. The topological polar surface area (TPSA) is 86.3 Å². The van der Waals surface area contributed by atoms with Gasteiger partial charge in [-0.1, -0.05) is 0 Å². The smallest absolute Gasteiger partial charge is 0.210 e. The Bertz CT molecular complexity index is 1580. The molecular formula is C33H45N5O4S2. The Morgan fingerprint density at radius 1 is 0.864 bits per heavy atom. The Morgan fingerprint density at radius 2 is 1.48 bits per heavy atom. The van der Waals surface area contributed by atoms with Crippen LogP contribution in [0.1, 0.15) is 32.6 Å². The third kappa shape index (κ3) is 6.53. The number of aromatic nitrogens is 1. The van der Waals surface area contributed by atoms with Gasteiger partial charge in [-0.15, -0.1) is 0 Å². The molecule has 4 heterocycles. The molecule has 0 aliphatic carbocycles. The zero-order valence-electron chi connectivity index (χ0n) is 26.2. The van der Waals surface area contributed by atoms with Gasteiger partial charge in [0.05, 0.1) is 22.7 Å². The van der Waals surface area contributed by atoms with Crippen LogP contribution in [-0.4, -0.2) is 117 Å². The Balaban J connectivity index is 1.24. The SMILES string of the molecule is CCOc1ccc(S(=O)(=O)c2cnc3ccc([S@@](C)=O)cc3c2N2CCC(N3CCC(N4CCN(C)CC4)CC3)CC2)cc1. The first kappa shape index (κ1) is 31.4. The summed E-state index contributed by atoms with van der Waals surface area (Å²) in [6.45, 7) is 10.9. The van der Waals surface area contributed by atoms with E-state index in [0.29, 0.717) is 40.5 Å². The molecule has 11 heteroatoms. The van der Waals surface area contributed by atoms with Crippen LogP contribution in [0.15, 0.2) is 63.3 Å². The van der Waals surface area contributed by atoms with Gasteiger partial charge in [0.25, 0.3) is 0 Å². The van der Waals surface area contributed by atoms with Crippen molar-refractivity contribution in [1.29, 1.82) is 0 Å². The number of piperazine rings is 1. The van der Waals surface area contributed by atoms with Gasteiger partial charge >= 0.3 is 0 Å². The Labute approximate surface area is 264 Å². The zero-order chi connectivity index (χ0) is 30.8. The van der Waals surface area contributed by atoms with Gasteiger partial charge in [0.1, 0.15) is 10.6 Å². The summed E-state index contributed by atoms with van der Waals surface area (Å²) in [4.78, 5) is 15.6. The first-order valence-electron chi connectivity index (χ1n) is 15.9. The molecule has 3 aromatic rings. The van der Waals surface area contributed by atoms with E-state index in [1.54, 1.807) is 30.5 Å². The second-order valence-corrected chi connectivity index (χ2v) is 15.6. The van der Waals surface area contributed by atoms with Gasteiger partial charge in [-0.2, -0.15) is 0 Å². The molecule has 238 valence electrons. The molecule has 1 aromatic heterocycles. The highest BCUT2D eigenvalue weighted by atomic mass is 32.2. The number of benzene rings is 2. The first-order valence-corrected chi connectivity index (χ1v) is 18.9. The number of pyridine rings is 1. The predicted molar refractivity (Wildman–Crippen MR) is 176 cm³/mol. The van der Waals surface area contributed by atoms with Gasteiger partial charge in [0, 0.05) is 84.9 Å². The molecule has 0 bridgehead atoms. The Morgan fingerprint density at radius 3 is 2.09 bits per heavy atom. The molecule has 1 atom stereocenters. The molecule has 3 aliphatic heterocycles. The van der Waals surface area contributed by atoms with E-state index >= 15 is 0 Å². The molecule has 0 amide bonds. The number of sulfone groups is 1. The second kappa shape index (κ2) is 13.4. The first-order chi connectivity index (χ1) is 21.2. The van der Waals surface area contributed by atoms with Gasteiger partial charge in [-0.25, -0.2) is 8.42 Å². The highest BCUT2D eigenvalue weighted by molar-refractivity contribution is 7.91. The number of rotatable bonds is 8. The minimum Gasteiger partial charge on any atom is -0.494 e. The molecular weight excluding hydrogens is 595 g/mol. The zero-order valence-corrected chi connectivity index (χ0v) is 27.8. The van der Waals surface area contributed by atoms with Crippen LogP contribution in [0, 0.1) is 0 Å². The van der Waals surface area contributed by atoms with Crippen LogP contribution < -0.4 is 9.64 Å². The van der Waals surface area contributed by atoms with Crippen molar-refractivity contribution in [2.75, 3.05) is 77.2 Å². The number of nitrogens with zero attached hydrogens (tertiary/aromatic N) is 5. The van der Waals surface area contributed by atoms with Crippen molar-refractivity contribution >= 4 is 37.2 Å². The number of anilines is 1. The summed E-state index contributed by atoms with van der Waals surface area (Å²) in [5.74, 6) is 0.632. The molecule has 3 aliphatic rings. The van der Waals surface area contributed by atoms with Crippen molar-refractivity contribution in [3.8, 4) is 5.75 Å². The number of fused-ring (bicyclic) bond motifs is 1. The summed E-state index contributed by atoms with van der Waals surface area (Å²) in [6.07, 6.45) is 7.55. The fourth-order valence-electron chi connectivity index (χ4n) is 7.11. The monoisotopic (exact) mass is 639 g/mol. The lowest BCUT2D eigenvalue weighted by Crippen LogP contribution is -2.54. The van der Waals surface area contributed by atoms with Crippen molar-refractivity contribution in [2.45, 2.75) is 59.4 Å². The van der Waals surface area contributed by atoms with Gasteiger partial charge in [-0.05, 0) is 95.2 Å². The number of piperidine rings is 2. The number of hydrogen-bond donors (Lipinski definition) is 0. The largest absolute Gasteiger partial charge is 0.494 e. The number of ether oxygens (including phenoxy) is 1. The number of likely N-dealkylation sites (tertiary alicyclic amines) is 1. The number of hydrogen-bond acceptors (Lipinski definition) is 9. The standard InChI is InChI=1S/C33H45N5O4S2/c1-4-42-27-5-8-29(9-6-27)44(40,41)32-24-34-31-10-7-28(43(3)39)23-30(31)33(32)38-17-13-25(14-18-38)36-15-11-26(12-16-36)37-21-19-35(2)20-22-37/h5-10,23-26H,4,11-22H2,1-3H3/t43-/m1/s1. The molecule has 9 nitrogen and oxygen atoms in total. The molecule has 44 heavy (non-hydrogen) atoms. The lowest BCUT2D eigenvalue weighted by Gasteiger charge is -2.46. The maximum absolute atomic E-state index is 14.1. The van der Waals surface area contributed by atoms with E-state index in [-0.39, 0.29) is 9.79 Å². The fourth-order valence-corrected chi connectivity index (χ4v) is 9.08. The van der Waals surface area contributed by atoms with E-state index in [9.17, 15) is 12.6 Å². The fraction of sp³-hybridized carbons (Fsp3) is 0.545.